The molecular formula is C19H17ClN3O4S-. The first-order valence-electron chi connectivity index (χ1n) is 8.22. The predicted octanol–water partition coefficient (Wildman–Crippen LogP) is 3.12. The first-order valence-corrected chi connectivity index (χ1v) is 10.0. The van der Waals surface area contributed by atoms with Crippen LogP contribution in [0.1, 0.15) is 12.5 Å². The molecule has 3 rings (SSSR count). The van der Waals surface area contributed by atoms with Gasteiger partial charge in [0, 0.05) is 19.8 Å². The van der Waals surface area contributed by atoms with E-state index in [1.807, 2.05) is 43.3 Å². The third kappa shape index (κ3) is 3.94. The Morgan fingerprint density at radius 1 is 1.14 bits per heavy atom. The van der Waals surface area contributed by atoms with Crippen LogP contribution >= 0.6 is 11.6 Å². The molecule has 0 fully saturated rings. The van der Waals surface area contributed by atoms with Crippen LogP contribution < -0.4 is 9.91 Å². The molecule has 2 aromatic carbocycles. The Kier molecular flexibility index (Phi) is 5.29. The van der Waals surface area contributed by atoms with E-state index in [9.17, 15) is 17.8 Å². The highest BCUT2D eigenvalue weighted by atomic mass is 35.5. The van der Waals surface area contributed by atoms with Crippen LogP contribution in [0.3, 0.4) is 0 Å². The SMILES string of the molecule is CC1=NN(c2cc(S(=O)(=O)[O-])ccc2Cl)C(=O)/C1=C\c1ccc(N(C)C)cc1. The van der Waals surface area contributed by atoms with Crippen LogP contribution in [-0.2, 0) is 14.9 Å². The van der Waals surface area contributed by atoms with Gasteiger partial charge in [-0.25, -0.2) is 8.42 Å². The molecule has 1 aliphatic rings. The van der Waals surface area contributed by atoms with Crippen molar-refractivity contribution < 1.29 is 17.8 Å². The van der Waals surface area contributed by atoms with Gasteiger partial charge in [-0.1, -0.05) is 23.7 Å². The molecule has 0 atom stereocenters. The monoisotopic (exact) mass is 418 g/mol. The lowest BCUT2D eigenvalue weighted by molar-refractivity contribution is -0.114. The quantitative estimate of drug-likeness (QED) is 0.561. The molecule has 0 saturated carbocycles. The minimum Gasteiger partial charge on any atom is -0.744 e. The van der Waals surface area contributed by atoms with E-state index in [0.29, 0.717) is 11.3 Å². The van der Waals surface area contributed by atoms with Gasteiger partial charge in [-0.3, -0.25) is 4.79 Å². The number of benzene rings is 2. The van der Waals surface area contributed by atoms with Crippen molar-refractivity contribution in [1.82, 2.24) is 0 Å². The number of carbonyl (C=O) groups is 1. The number of nitrogens with zero attached hydrogens (tertiary/aromatic N) is 3. The predicted molar refractivity (Wildman–Crippen MR) is 109 cm³/mol. The fourth-order valence-corrected chi connectivity index (χ4v) is 3.38. The van der Waals surface area contributed by atoms with Gasteiger partial charge >= 0.3 is 0 Å². The maximum absolute atomic E-state index is 12.9. The van der Waals surface area contributed by atoms with Crippen LogP contribution in [0.25, 0.3) is 6.08 Å². The van der Waals surface area contributed by atoms with Crippen molar-refractivity contribution in [1.29, 1.82) is 0 Å². The average molecular weight is 419 g/mol. The van der Waals surface area contributed by atoms with Crippen LogP contribution in [0.5, 0.6) is 0 Å². The minimum absolute atomic E-state index is 0.0364. The van der Waals surface area contributed by atoms with Gasteiger partial charge in [-0.05, 0) is 48.9 Å². The van der Waals surface area contributed by atoms with Gasteiger partial charge < -0.3 is 9.45 Å². The number of halogens is 1. The summed E-state index contributed by atoms with van der Waals surface area (Å²) >= 11 is 6.11. The van der Waals surface area contributed by atoms with Crippen molar-refractivity contribution in [3.05, 3.63) is 58.6 Å². The number of hydrogen-bond acceptors (Lipinski definition) is 6. The second kappa shape index (κ2) is 7.38. The molecule has 7 nitrogen and oxygen atoms in total. The lowest BCUT2D eigenvalue weighted by Gasteiger charge is -2.16. The molecule has 1 heterocycles. The molecule has 0 aliphatic carbocycles. The van der Waals surface area contributed by atoms with E-state index in [0.717, 1.165) is 28.4 Å². The fraction of sp³-hybridized carbons (Fsp3) is 0.158. The molecule has 1 aliphatic heterocycles. The highest BCUT2D eigenvalue weighted by molar-refractivity contribution is 7.85. The molecule has 1 amide bonds. The van der Waals surface area contributed by atoms with E-state index in [2.05, 4.69) is 5.10 Å². The van der Waals surface area contributed by atoms with Crippen molar-refractivity contribution in [2.45, 2.75) is 11.8 Å². The molecule has 0 aromatic heterocycles. The maximum Gasteiger partial charge on any atom is 0.280 e. The zero-order valence-electron chi connectivity index (χ0n) is 15.4. The molecule has 0 N–H and O–H groups in total. The number of amides is 1. The van der Waals surface area contributed by atoms with E-state index in [1.54, 1.807) is 13.0 Å². The van der Waals surface area contributed by atoms with E-state index in [1.165, 1.54) is 6.07 Å². The van der Waals surface area contributed by atoms with Crippen LogP contribution in [0.4, 0.5) is 11.4 Å². The van der Waals surface area contributed by atoms with E-state index in [4.69, 9.17) is 11.6 Å². The second-order valence-electron chi connectivity index (χ2n) is 6.41. The summed E-state index contributed by atoms with van der Waals surface area (Å²) in [5, 5.41) is 5.30. The molecule has 0 bridgehead atoms. The smallest absolute Gasteiger partial charge is 0.280 e. The number of hydrazone groups is 1. The minimum atomic E-state index is -4.69. The Bertz CT molecular complexity index is 1110. The molecular weight excluding hydrogens is 402 g/mol. The average Bonchev–Trinajstić information content (AvgIpc) is 2.89. The Hall–Kier alpha value is -2.68. The number of rotatable bonds is 4. The topological polar surface area (TPSA) is 93.1 Å². The number of carbonyl (C=O) groups excluding carboxylic acids is 1. The number of hydrogen-bond donors (Lipinski definition) is 0. The molecule has 28 heavy (non-hydrogen) atoms. The van der Waals surface area contributed by atoms with E-state index < -0.39 is 20.9 Å². The van der Waals surface area contributed by atoms with Crippen LogP contribution in [-0.4, -0.2) is 38.7 Å². The zero-order chi connectivity index (χ0) is 20.6. The van der Waals surface area contributed by atoms with Crippen molar-refractivity contribution in [2.24, 2.45) is 5.10 Å². The Labute approximate surface area is 168 Å². The molecule has 2 aromatic rings. The maximum atomic E-state index is 12.9. The standard InChI is InChI=1S/C19H18ClN3O4S/c1-12-16(10-13-4-6-14(7-5-13)22(2)3)19(24)23(21-12)18-11-15(28(25,26)27)8-9-17(18)20/h4-11H,1-3H3,(H,25,26,27)/p-1/b16-10-. The Morgan fingerprint density at radius 3 is 2.36 bits per heavy atom. The summed E-state index contributed by atoms with van der Waals surface area (Å²) < 4.78 is 33.9. The van der Waals surface area contributed by atoms with Crippen molar-refractivity contribution in [3.63, 3.8) is 0 Å². The lowest BCUT2D eigenvalue weighted by atomic mass is 10.1. The highest BCUT2D eigenvalue weighted by Gasteiger charge is 2.30. The van der Waals surface area contributed by atoms with Gasteiger partial charge in [-0.2, -0.15) is 10.1 Å². The largest absolute Gasteiger partial charge is 0.744 e. The van der Waals surface area contributed by atoms with E-state index >= 15 is 0 Å². The normalized spacial score (nSPS) is 15.9. The second-order valence-corrected chi connectivity index (χ2v) is 8.20. The summed E-state index contributed by atoms with van der Waals surface area (Å²) in [6, 6.07) is 11.0. The van der Waals surface area contributed by atoms with Crippen LogP contribution in [0.15, 0.2) is 58.0 Å². The van der Waals surface area contributed by atoms with Gasteiger partial charge in [0.05, 0.1) is 26.9 Å². The van der Waals surface area contributed by atoms with Gasteiger partial charge in [0.15, 0.2) is 0 Å². The van der Waals surface area contributed by atoms with Crippen LogP contribution in [0, 0.1) is 0 Å². The van der Waals surface area contributed by atoms with Crippen molar-refractivity contribution in [2.75, 3.05) is 24.0 Å². The molecule has 0 radical (unpaired) electrons. The lowest BCUT2D eigenvalue weighted by Crippen LogP contribution is -2.22. The Morgan fingerprint density at radius 2 is 1.79 bits per heavy atom. The summed E-state index contributed by atoms with van der Waals surface area (Å²) in [4.78, 5) is 14.3. The molecule has 9 heteroatoms. The molecule has 0 unspecified atom stereocenters. The third-order valence-electron chi connectivity index (χ3n) is 4.22. The highest BCUT2D eigenvalue weighted by Crippen LogP contribution is 2.33. The van der Waals surface area contributed by atoms with Gasteiger partial charge in [0.2, 0.25) is 0 Å². The Balaban J connectivity index is 1.97. The zero-order valence-corrected chi connectivity index (χ0v) is 17.0. The van der Waals surface area contributed by atoms with Crippen molar-refractivity contribution >= 4 is 50.8 Å². The first kappa shape index (κ1) is 20.1. The fourth-order valence-electron chi connectivity index (χ4n) is 2.69. The van der Waals surface area contributed by atoms with Gasteiger partial charge in [-0.15, -0.1) is 0 Å². The summed E-state index contributed by atoms with van der Waals surface area (Å²) in [6.07, 6.45) is 1.70. The van der Waals surface area contributed by atoms with E-state index in [-0.39, 0.29) is 10.7 Å². The summed E-state index contributed by atoms with van der Waals surface area (Å²) in [5.41, 5.74) is 2.67. The van der Waals surface area contributed by atoms with Gasteiger partial charge in [0.1, 0.15) is 10.1 Å². The van der Waals surface area contributed by atoms with Crippen molar-refractivity contribution in [3.8, 4) is 0 Å². The number of anilines is 2. The molecule has 0 spiro atoms. The third-order valence-corrected chi connectivity index (χ3v) is 5.37. The molecule has 0 saturated heterocycles. The summed E-state index contributed by atoms with van der Waals surface area (Å²) in [6.45, 7) is 1.67. The molecule has 146 valence electrons. The summed E-state index contributed by atoms with van der Waals surface area (Å²) in [5.74, 6) is -0.462. The summed E-state index contributed by atoms with van der Waals surface area (Å²) in [7, 11) is -0.823. The first-order chi connectivity index (χ1) is 13.1. The van der Waals surface area contributed by atoms with Crippen LogP contribution in [0.2, 0.25) is 5.02 Å². The van der Waals surface area contributed by atoms with Gasteiger partial charge in [0.25, 0.3) is 5.91 Å².